The smallest absolute Gasteiger partial charge is 0.272 e. The minimum absolute atomic E-state index is 0.0112. The molecule has 0 aliphatic heterocycles. The molecule has 0 radical (unpaired) electrons. The summed E-state index contributed by atoms with van der Waals surface area (Å²) in [6, 6.07) is 9.22. The maximum Gasteiger partial charge on any atom is 0.272 e. The molecule has 3 aromatic heterocycles. The lowest BCUT2D eigenvalue weighted by atomic mass is 10.2. The Bertz CT molecular complexity index is 1290. The lowest BCUT2D eigenvalue weighted by Crippen LogP contribution is -2.23. The summed E-state index contributed by atoms with van der Waals surface area (Å²) in [5.41, 5.74) is 2.17. The Labute approximate surface area is 191 Å². The van der Waals surface area contributed by atoms with E-state index < -0.39 is 0 Å². The topological polar surface area (TPSA) is 77.3 Å². The monoisotopic (exact) mass is 472 g/mol. The van der Waals surface area contributed by atoms with Crippen LogP contribution in [-0.4, -0.2) is 27.6 Å². The molecule has 3 heterocycles. The lowest BCUT2D eigenvalue weighted by Gasteiger charge is -2.20. The first-order chi connectivity index (χ1) is 15.0. The zero-order chi connectivity index (χ0) is 22.0. The zero-order valence-electron chi connectivity index (χ0n) is 17.2. The molecule has 0 saturated carbocycles. The van der Waals surface area contributed by atoms with Gasteiger partial charge in [0.05, 0.1) is 24.0 Å². The lowest BCUT2D eigenvalue weighted by molar-refractivity contribution is -0.115. The van der Waals surface area contributed by atoms with Gasteiger partial charge in [-0.1, -0.05) is 23.9 Å². The van der Waals surface area contributed by atoms with E-state index >= 15 is 0 Å². The molecule has 0 fully saturated rings. The zero-order valence-corrected chi connectivity index (χ0v) is 19.6. The molecule has 0 aliphatic rings. The molecule has 4 rings (SSSR count). The van der Waals surface area contributed by atoms with E-state index in [1.54, 1.807) is 16.6 Å². The second-order valence-corrected chi connectivity index (χ2v) is 9.21. The van der Waals surface area contributed by atoms with Crippen LogP contribution < -0.4 is 15.2 Å². The van der Waals surface area contributed by atoms with Crippen molar-refractivity contribution in [1.29, 1.82) is 0 Å². The third-order valence-electron chi connectivity index (χ3n) is 4.57. The summed E-state index contributed by atoms with van der Waals surface area (Å²) in [6.07, 6.45) is 0. The molecule has 0 spiro atoms. The summed E-state index contributed by atoms with van der Waals surface area (Å²) in [5.74, 6) is 0.988. The van der Waals surface area contributed by atoms with Gasteiger partial charge in [-0.25, -0.2) is 9.97 Å². The summed E-state index contributed by atoms with van der Waals surface area (Å²) >= 11 is 4.27. The van der Waals surface area contributed by atoms with E-state index in [4.69, 9.17) is 4.74 Å². The molecule has 31 heavy (non-hydrogen) atoms. The highest BCUT2D eigenvalue weighted by molar-refractivity contribution is 7.98. The van der Waals surface area contributed by atoms with Gasteiger partial charge in [-0.3, -0.25) is 19.1 Å². The molecule has 0 bridgehead atoms. The van der Waals surface area contributed by atoms with Crippen molar-refractivity contribution in [1.82, 2.24) is 14.5 Å². The Kier molecular flexibility index (Phi) is 6.40. The van der Waals surface area contributed by atoms with Gasteiger partial charge in [0.1, 0.15) is 10.4 Å². The van der Waals surface area contributed by atoms with E-state index in [2.05, 4.69) is 9.97 Å². The van der Waals surface area contributed by atoms with Crippen LogP contribution in [0.4, 0.5) is 10.8 Å². The summed E-state index contributed by atoms with van der Waals surface area (Å²) in [5, 5.41) is 5.04. The quantitative estimate of drug-likeness (QED) is 0.281. The number of carbonyl (C=O) groups excluding carboxylic acids is 1. The highest BCUT2D eigenvalue weighted by Gasteiger charge is 2.21. The van der Waals surface area contributed by atoms with Gasteiger partial charge >= 0.3 is 0 Å². The predicted molar refractivity (Wildman–Crippen MR) is 127 cm³/mol. The molecular weight excluding hydrogens is 452 g/mol. The van der Waals surface area contributed by atoms with E-state index in [1.165, 1.54) is 41.4 Å². The Balaban J connectivity index is 1.60. The normalized spacial score (nSPS) is 11.1. The van der Waals surface area contributed by atoms with E-state index in [9.17, 15) is 9.59 Å². The number of thiazole rings is 1. The van der Waals surface area contributed by atoms with E-state index in [-0.39, 0.29) is 11.5 Å². The molecular formula is C21H20N4O3S3. The van der Waals surface area contributed by atoms with Crippen LogP contribution in [0.15, 0.2) is 51.0 Å². The number of hydrogen-bond acceptors (Lipinski definition) is 8. The van der Waals surface area contributed by atoms with Crippen LogP contribution in [0.1, 0.15) is 19.5 Å². The predicted octanol–water partition coefficient (Wildman–Crippen LogP) is 4.92. The van der Waals surface area contributed by atoms with Crippen molar-refractivity contribution in [2.45, 2.75) is 31.3 Å². The van der Waals surface area contributed by atoms with Crippen molar-refractivity contribution in [2.24, 2.45) is 0 Å². The van der Waals surface area contributed by atoms with Crippen LogP contribution in [0.25, 0.3) is 10.2 Å². The number of carbonyl (C=O) groups is 1. The molecule has 1 amide bonds. The number of para-hydroxylation sites is 2. The number of rotatable bonds is 7. The average molecular weight is 473 g/mol. The molecule has 10 heteroatoms. The maximum atomic E-state index is 12.7. The third-order valence-corrected chi connectivity index (χ3v) is 7.34. The van der Waals surface area contributed by atoms with Crippen LogP contribution in [0, 0.1) is 0 Å². The first-order valence-corrected chi connectivity index (χ1v) is 12.3. The van der Waals surface area contributed by atoms with Crippen molar-refractivity contribution in [3.05, 3.63) is 57.1 Å². The Hall–Kier alpha value is -2.69. The molecule has 4 aromatic rings. The fourth-order valence-electron chi connectivity index (χ4n) is 3.14. The molecule has 0 aliphatic carbocycles. The minimum Gasteiger partial charge on any atom is -0.495 e. The van der Waals surface area contributed by atoms with Crippen LogP contribution in [0.2, 0.25) is 0 Å². The number of thiophene rings is 1. The number of benzene rings is 1. The number of hydrogen-bond donors (Lipinski definition) is 0. The fraction of sp³-hybridized carbons (Fsp3) is 0.238. The molecule has 0 atom stereocenters. The average Bonchev–Trinajstić information content (AvgIpc) is 3.42. The summed E-state index contributed by atoms with van der Waals surface area (Å²) in [6.45, 7) is 3.99. The largest absolute Gasteiger partial charge is 0.495 e. The molecule has 7 nitrogen and oxygen atoms in total. The van der Waals surface area contributed by atoms with Crippen LogP contribution >= 0.6 is 34.4 Å². The molecule has 0 unspecified atom stereocenters. The van der Waals surface area contributed by atoms with Gasteiger partial charge in [0.25, 0.3) is 5.56 Å². The van der Waals surface area contributed by atoms with Gasteiger partial charge in [-0.05, 0) is 30.5 Å². The third kappa shape index (κ3) is 4.23. The summed E-state index contributed by atoms with van der Waals surface area (Å²) in [7, 11) is 1.58. The number of aromatic nitrogens is 3. The summed E-state index contributed by atoms with van der Waals surface area (Å²) < 4.78 is 7.78. The van der Waals surface area contributed by atoms with Gasteiger partial charge in [0.2, 0.25) is 5.91 Å². The highest BCUT2D eigenvalue weighted by Crippen LogP contribution is 2.36. The molecule has 160 valence electrons. The Morgan fingerprint density at radius 3 is 2.77 bits per heavy atom. The Morgan fingerprint density at radius 2 is 2.03 bits per heavy atom. The second-order valence-electron chi connectivity index (χ2n) is 6.52. The number of amides is 1. The minimum atomic E-state index is -0.151. The first-order valence-electron chi connectivity index (χ1n) is 9.52. The fourth-order valence-corrected chi connectivity index (χ4v) is 5.86. The molecule has 1 aromatic carbocycles. The van der Waals surface area contributed by atoms with Crippen molar-refractivity contribution in [3.8, 4) is 5.75 Å². The maximum absolute atomic E-state index is 12.7. The van der Waals surface area contributed by atoms with Crippen molar-refractivity contribution in [2.75, 3.05) is 12.0 Å². The number of ether oxygens (including phenoxy) is 1. The second kappa shape index (κ2) is 9.21. The van der Waals surface area contributed by atoms with E-state index in [1.807, 2.05) is 48.0 Å². The van der Waals surface area contributed by atoms with Gasteiger partial charge < -0.3 is 4.74 Å². The number of anilines is 2. The van der Waals surface area contributed by atoms with Crippen LogP contribution in [0.3, 0.4) is 0 Å². The van der Waals surface area contributed by atoms with Gasteiger partial charge in [-0.15, -0.1) is 22.7 Å². The first kappa shape index (κ1) is 21.5. The number of fused-ring (bicyclic) bond motifs is 1. The molecule has 0 saturated heterocycles. The Morgan fingerprint density at radius 1 is 1.23 bits per heavy atom. The van der Waals surface area contributed by atoms with Crippen molar-refractivity contribution < 1.29 is 9.53 Å². The van der Waals surface area contributed by atoms with E-state index in [0.29, 0.717) is 38.7 Å². The van der Waals surface area contributed by atoms with Gasteiger partial charge in [0.15, 0.2) is 10.3 Å². The van der Waals surface area contributed by atoms with Crippen molar-refractivity contribution in [3.63, 3.8) is 0 Å². The van der Waals surface area contributed by atoms with Gasteiger partial charge in [0, 0.05) is 24.6 Å². The number of thioether (sulfide) groups is 1. The van der Waals surface area contributed by atoms with E-state index in [0.717, 1.165) is 11.2 Å². The SMILES string of the molecule is CCn1c(SCc2csc(N(C(C)=O)c3ccccc3OC)n2)nc2ccsc2c1=O. The standard InChI is InChI=1S/C21H20N4O3S3/c1-4-24-19(27)18-15(9-10-29-18)23-20(24)30-11-14-12-31-21(22-14)25(13(2)26)16-7-5-6-8-17(16)28-3/h5-10,12H,4,11H2,1-3H3. The van der Waals surface area contributed by atoms with Crippen LogP contribution in [-0.2, 0) is 17.1 Å². The number of nitrogens with zero attached hydrogens (tertiary/aromatic N) is 4. The summed E-state index contributed by atoms with van der Waals surface area (Å²) in [4.78, 5) is 36.0. The van der Waals surface area contributed by atoms with Crippen molar-refractivity contribution >= 4 is 61.4 Å². The highest BCUT2D eigenvalue weighted by atomic mass is 32.2. The van der Waals surface area contributed by atoms with Gasteiger partial charge in [-0.2, -0.15) is 0 Å². The van der Waals surface area contributed by atoms with Crippen LogP contribution in [0.5, 0.6) is 5.75 Å². The number of methoxy groups -OCH3 is 1. The molecule has 0 N–H and O–H groups in total.